The molecule has 0 saturated carbocycles. The van der Waals surface area contributed by atoms with Crippen molar-refractivity contribution in [2.24, 2.45) is 0 Å². The lowest BCUT2D eigenvalue weighted by molar-refractivity contribution is 0.0699. The Hall–Kier alpha value is -2.85. The van der Waals surface area contributed by atoms with E-state index < -0.39 is 5.97 Å². The summed E-state index contributed by atoms with van der Waals surface area (Å²) in [6, 6.07) is 14.4. The maximum Gasteiger partial charge on any atom is 0.336 e. The molecule has 0 atom stereocenters. The lowest BCUT2D eigenvalue weighted by Crippen LogP contribution is -2.00. The number of carboxylic acid groups (broad SMARTS) is 1. The number of benzene rings is 2. The maximum atomic E-state index is 11.6. The molecule has 2 heterocycles. The van der Waals surface area contributed by atoms with E-state index in [0.29, 0.717) is 21.6 Å². The van der Waals surface area contributed by atoms with Crippen LogP contribution in [0.4, 0.5) is 0 Å². The normalized spacial score (nSPS) is 11.2. The monoisotopic (exact) mass is 322 g/mol. The third-order valence-electron chi connectivity index (χ3n) is 3.87. The summed E-state index contributed by atoms with van der Waals surface area (Å²) in [5.74, 6) is -0.970. The zero-order chi connectivity index (χ0) is 16.0. The molecule has 0 aliphatic carbocycles. The molecule has 23 heavy (non-hydrogen) atoms. The second-order valence-electron chi connectivity index (χ2n) is 5.27. The summed E-state index contributed by atoms with van der Waals surface area (Å²) in [5.41, 5.74) is 3.25. The molecule has 0 aliphatic rings. The van der Waals surface area contributed by atoms with Gasteiger partial charge >= 0.3 is 5.97 Å². The topological polar surface area (TPSA) is 66.0 Å². The van der Waals surface area contributed by atoms with E-state index in [2.05, 4.69) is 9.97 Å². The standard InChI is InChI=1S/C18H11ClN2O2/c19-10-5-6-15-12(7-10)14(9-20-15)17-8-13(18(22)23)11-3-1-2-4-16(11)21-17/h1-9,20H,(H,22,23). The van der Waals surface area contributed by atoms with Gasteiger partial charge in [0.15, 0.2) is 0 Å². The van der Waals surface area contributed by atoms with Crippen LogP contribution in [0.15, 0.2) is 54.7 Å². The van der Waals surface area contributed by atoms with E-state index >= 15 is 0 Å². The van der Waals surface area contributed by atoms with Crippen LogP contribution >= 0.6 is 11.6 Å². The number of nitrogens with one attached hydrogen (secondary N) is 1. The molecule has 2 N–H and O–H groups in total. The number of aromatic nitrogens is 2. The molecule has 2 aromatic heterocycles. The summed E-state index contributed by atoms with van der Waals surface area (Å²) in [7, 11) is 0. The number of aromatic carboxylic acids is 1. The average molecular weight is 323 g/mol. The Morgan fingerprint density at radius 3 is 2.74 bits per heavy atom. The molecule has 5 heteroatoms. The third kappa shape index (κ3) is 2.24. The first kappa shape index (κ1) is 13.8. The van der Waals surface area contributed by atoms with Crippen LogP contribution in [-0.2, 0) is 0 Å². The molecule has 0 amide bonds. The van der Waals surface area contributed by atoms with Gasteiger partial charge in [-0.05, 0) is 30.3 Å². The van der Waals surface area contributed by atoms with Gasteiger partial charge in [0.1, 0.15) is 0 Å². The first-order valence-electron chi connectivity index (χ1n) is 7.03. The molecule has 4 nitrogen and oxygen atoms in total. The molecule has 0 radical (unpaired) electrons. The molecule has 4 aromatic rings. The summed E-state index contributed by atoms with van der Waals surface area (Å²) in [4.78, 5) is 19.4. The summed E-state index contributed by atoms with van der Waals surface area (Å²) >= 11 is 6.08. The smallest absolute Gasteiger partial charge is 0.336 e. The first-order valence-corrected chi connectivity index (χ1v) is 7.41. The Bertz CT molecular complexity index is 1070. The molecule has 0 unspecified atom stereocenters. The molecule has 2 aromatic carbocycles. The minimum atomic E-state index is -0.970. The molecule has 0 aliphatic heterocycles. The number of rotatable bonds is 2. The van der Waals surface area contributed by atoms with Crippen LogP contribution in [0.2, 0.25) is 5.02 Å². The van der Waals surface area contributed by atoms with Crippen LogP contribution < -0.4 is 0 Å². The van der Waals surface area contributed by atoms with Crippen LogP contribution in [0.3, 0.4) is 0 Å². The Kier molecular flexibility index (Phi) is 3.06. The number of hydrogen-bond acceptors (Lipinski definition) is 2. The van der Waals surface area contributed by atoms with E-state index in [0.717, 1.165) is 16.5 Å². The minimum absolute atomic E-state index is 0.238. The molecule has 0 saturated heterocycles. The van der Waals surface area contributed by atoms with Crippen LogP contribution in [0.1, 0.15) is 10.4 Å². The summed E-state index contributed by atoms with van der Waals surface area (Å²) < 4.78 is 0. The Morgan fingerprint density at radius 1 is 1.09 bits per heavy atom. The minimum Gasteiger partial charge on any atom is -0.478 e. The van der Waals surface area contributed by atoms with Gasteiger partial charge in [-0.25, -0.2) is 9.78 Å². The Labute approximate surface area is 136 Å². The Balaban J connectivity index is 2.04. The van der Waals surface area contributed by atoms with E-state index in [1.807, 2.05) is 36.5 Å². The van der Waals surface area contributed by atoms with Crippen LogP contribution in [0.5, 0.6) is 0 Å². The molecule has 0 spiro atoms. The highest BCUT2D eigenvalue weighted by Gasteiger charge is 2.15. The number of H-pyrrole nitrogens is 1. The number of carboxylic acids is 1. The van der Waals surface area contributed by atoms with Crippen molar-refractivity contribution in [1.82, 2.24) is 9.97 Å². The van der Waals surface area contributed by atoms with Gasteiger partial charge in [-0.15, -0.1) is 0 Å². The van der Waals surface area contributed by atoms with Crippen molar-refractivity contribution in [1.29, 1.82) is 0 Å². The lowest BCUT2D eigenvalue weighted by atomic mass is 10.0. The van der Waals surface area contributed by atoms with Gasteiger partial charge in [0.25, 0.3) is 0 Å². The number of hydrogen-bond donors (Lipinski definition) is 2. The van der Waals surface area contributed by atoms with Crippen molar-refractivity contribution in [2.75, 3.05) is 0 Å². The zero-order valence-corrected chi connectivity index (χ0v) is 12.6. The van der Waals surface area contributed by atoms with Crippen LogP contribution in [0, 0.1) is 0 Å². The summed E-state index contributed by atoms with van der Waals surface area (Å²) in [6.45, 7) is 0. The van der Waals surface area contributed by atoms with Crippen molar-refractivity contribution < 1.29 is 9.90 Å². The molecule has 0 fully saturated rings. The molecule has 112 valence electrons. The van der Waals surface area contributed by atoms with Gasteiger partial charge in [-0.2, -0.15) is 0 Å². The lowest BCUT2D eigenvalue weighted by Gasteiger charge is -2.06. The highest BCUT2D eigenvalue weighted by atomic mass is 35.5. The van der Waals surface area contributed by atoms with Crippen molar-refractivity contribution in [3.05, 3.63) is 65.3 Å². The highest BCUT2D eigenvalue weighted by Crippen LogP contribution is 2.31. The number of carbonyl (C=O) groups is 1. The molecular weight excluding hydrogens is 312 g/mol. The van der Waals surface area contributed by atoms with Gasteiger partial charge in [0.05, 0.1) is 16.8 Å². The summed E-state index contributed by atoms with van der Waals surface area (Å²) in [6.07, 6.45) is 1.82. The number of halogens is 1. The van der Waals surface area contributed by atoms with E-state index in [1.165, 1.54) is 0 Å². The van der Waals surface area contributed by atoms with Crippen molar-refractivity contribution >= 4 is 39.4 Å². The van der Waals surface area contributed by atoms with Crippen LogP contribution in [0.25, 0.3) is 33.1 Å². The van der Waals surface area contributed by atoms with Crippen molar-refractivity contribution in [2.45, 2.75) is 0 Å². The average Bonchev–Trinajstić information content (AvgIpc) is 2.96. The quantitative estimate of drug-likeness (QED) is 0.560. The second kappa shape index (κ2) is 5.11. The van der Waals surface area contributed by atoms with Crippen molar-refractivity contribution in [3.63, 3.8) is 0 Å². The number of pyridine rings is 1. The van der Waals surface area contributed by atoms with Gasteiger partial charge in [-0.1, -0.05) is 29.8 Å². The predicted octanol–water partition coefficient (Wildman–Crippen LogP) is 4.73. The first-order chi connectivity index (χ1) is 11.1. The highest BCUT2D eigenvalue weighted by molar-refractivity contribution is 6.31. The van der Waals surface area contributed by atoms with E-state index in [9.17, 15) is 9.90 Å². The van der Waals surface area contributed by atoms with Gasteiger partial charge < -0.3 is 10.1 Å². The SMILES string of the molecule is O=C(O)c1cc(-c2c[nH]c3ccc(Cl)cc23)nc2ccccc12. The van der Waals surface area contributed by atoms with Crippen molar-refractivity contribution in [3.8, 4) is 11.3 Å². The van der Waals surface area contributed by atoms with Gasteiger partial charge in [0, 0.05) is 33.1 Å². The third-order valence-corrected chi connectivity index (χ3v) is 4.10. The van der Waals surface area contributed by atoms with E-state index in [-0.39, 0.29) is 5.56 Å². The number of fused-ring (bicyclic) bond motifs is 2. The fraction of sp³-hybridized carbons (Fsp3) is 0. The molecule has 4 rings (SSSR count). The maximum absolute atomic E-state index is 11.6. The predicted molar refractivity (Wildman–Crippen MR) is 91.0 cm³/mol. The van der Waals surface area contributed by atoms with E-state index in [1.54, 1.807) is 18.2 Å². The second-order valence-corrected chi connectivity index (χ2v) is 5.71. The zero-order valence-electron chi connectivity index (χ0n) is 11.9. The fourth-order valence-electron chi connectivity index (χ4n) is 2.80. The van der Waals surface area contributed by atoms with Gasteiger partial charge in [-0.3, -0.25) is 0 Å². The van der Waals surface area contributed by atoms with E-state index in [4.69, 9.17) is 11.6 Å². The van der Waals surface area contributed by atoms with Gasteiger partial charge in [0.2, 0.25) is 0 Å². The number of nitrogens with zero attached hydrogens (tertiary/aromatic N) is 1. The Morgan fingerprint density at radius 2 is 1.91 bits per heavy atom. The number of aromatic amines is 1. The number of para-hydroxylation sites is 1. The molecule has 0 bridgehead atoms. The summed E-state index contributed by atoms with van der Waals surface area (Å²) in [5, 5.41) is 11.7. The fourth-order valence-corrected chi connectivity index (χ4v) is 2.97. The molecular formula is C18H11ClN2O2. The van der Waals surface area contributed by atoms with Crippen LogP contribution in [-0.4, -0.2) is 21.0 Å². The largest absolute Gasteiger partial charge is 0.478 e.